The summed E-state index contributed by atoms with van der Waals surface area (Å²) in [5.41, 5.74) is 1.13. The van der Waals surface area contributed by atoms with Gasteiger partial charge in [-0.2, -0.15) is 4.99 Å². The normalized spacial score (nSPS) is 11.4. The van der Waals surface area contributed by atoms with E-state index in [2.05, 4.69) is 4.99 Å². The van der Waals surface area contributed by atoms with Gasteiger partial charge in [0.25, 0.3) is 11.6 Å². The Morgan fingerprint density at radius 3 is 2.53 bits per heavy atom. The molecule has 0 atom stereocenters. The Balaban J connectivity index is 2.00. The molecule has 10 nitrogen and oxygen atoms in total. The Bertz CT molecular complexity index is 1250. The van der Waals surface area contributed by atoms with Gasteiger partial charge in [0.15, 0.2) is 16.3 Å². The number of ether oxygens (including phenoxy) is 3. The number of nitrogens with zero attached hydrogens (tertiary/aromatic N) is 3. The van der Waals surface area contributed by atoms with Crippen LogP contribution in [0.3, 0.4) is 0 Å². The van der Waals surface area contributed by atoms with Crippen molar-refractivity contribution in [2.45, 2.75) is 19.9 Å². The van der Waals surface area contributed by atoms with Gasteiger partial charge < -0.3 is 18.8 Å². The monoisotopic (exact) mass is 459 g/mol. The van der Waals surface area contributed by atoms with Gasteiger partial charge >= 0.3 is 5.97 Å². The highest BCUT2D eigenvalue weighted by Crippen LogP contribution is 2.28. The quantitative estimate of drug-likeness (QED) is 0.288. The first-order valence-corrected chi connectivity index (χ1v) is 10.4. The van der Waals surface area contributed by atoms with E-state index in [-0.39, 0.29) is 30.1 Å². The first-order valence-electron chi connectivity index (χ1n) is 9.58. The van der Waals surface area contributed by atoms with Crippen molar-refractivity contribution in [2.24, 2.45) is 4.99 Å². The van der Waals surface area contributed by atoms with E-state index >= 15 is 0 Å². The standard InChI is InChI=1S/C21H21N3O7S/c1-4-31-20(26)12-23-15-7-6-14(24(27)28)11-18(15)32-21(23)22-19(25)10-13-5-8-16(29-2)17(9-13)30-3/h5-9,11H,4,10,12H2,1-3H3. The number of thiazole rings is 1. The van der Waals surface area contributed by atoms with Gasteiger partial charge in [-0.15, -0.1) is 0 Å². The minimum Gasteiger partial charge on any atom is -0.493 e. The number of rotatable bonds is 8. The maximum Gasteiger partial charge on any atom is 0.326 e. The summed E-state index contributed by atoms with van der Waals surface area (Å²) in [6, 6.07) is 9.37. The Kier molecular flexibility index (Phi) is 7.21. The summed E-state index contributed by atoms with van der Waals surface area (Å²) in [6.07, 6.45) is -0.00580. The van der Waals surface area contributed by atoms with Crippen LogP contribution in [-0.2, 0) is 27.3 Å². The van der Waals surface area contributed by atoms with Gasteiger partial charge in [-0.05, 0) is 30.7 Å². The number of methoxy groups -OCH3 is 2. The molecule has 0 unspecified atom stereocenters. The Labute approximate surface area is 186 Å². The number of hydrogen-bond acceptors (Lipinski definition) is 8. The minimum absolute atomic E-state index is 0.00580. The molecular formula is C21H21N3O7S. The summed E-state index contributed by atoms with van der Waals surface area (Å²) < 4.78 is 17.5. The van der Waals surface area contributed by atoms with Gasteiger partial charge in [-0.3, -0.25) is 19.7 Å². The highest BCUT2D eigenvalue weighted by atomic mass is 32.1. The molecule has 1 aromatic heterocycles. The molecule has 3 aromatic rings. The molecule has 1 amide bonds. The SMILES string of the molecule is CCOC(=O)Cn1c(=NC(=O)Cc2ccc(OC)c(OC)c2)sc2cc([N+](=O)[O-])ccc21. The third-order valence-electron chi connectivity index (χ3n) is 4.49. The van der Waals surface area contributed by atoms with Crippen LogP contribution in [0.5, 0.6) is 11.5 Å². The van der Waals surface area contributed by atoms with Gasteiger partial charge in [-0.25, -0.2) is 0 Å². The van der Waals surface area contributed by atoms with Gasteiger partial charge in [0, 0.05) is 12.1 Å². The number of benzene rings is 2. The number of carbonyl (C=O) groups excluding carboxylic acids is 2. The van der Waals surface area contributed by atoms with Crippen molar-refractivity contribution in [1.29, 1.82) is 0 Å². The molecule has 0 aliphatic heterocycles. The predicted octanol–water partition coefficient (Wildman–Crippen LogP) is 2.86. The summed E-state index contributed by atoms with van der Waals surface area (Å²) in [5, 5.41) is 11.1. The number of non-ortho nitro benzene ring substituents is 1. The molecule has 0 saturated carbocycles. The van der Waals surface area contributed by atoms with E-state index in [1.54, 1.807) is 25.1 Å². The van der Waals surface area contributed by atoms with E-state index in [4.69, 9.17) is 14.2 Å². The van der Waals surface area contributed by atoms with Gasteiger partial charge in [0.2, 0.25) is 0 Å². The highest BCUT2D eigenvalue weighted by Gasteiger charge is 2.16. The van der Waals surface area contributed by atoms with E-state index in [1.807, 2.05) is 0 Å². The van der Waals surface area contributed by atoms with Crippen LogP contribution < -0.4 is 14.3 Å². The second-order valence-corrected chi connectivity index (χ2v) is 7.57. The van der Waals surface area contributed by atoms with E-state index < -0.39 is 16.8 Å². The number of fused-ring (bicyclic) bond motifs is 1. The second kappa shape index (κ2) is 10.1. The second-order valence-electron chi connectivity index (χ2n) is 6.56. The molecule has 0 bridgehead atoms. The molecule has 3 rings (SSSR count). The van der Waals surface area contributed by atoms with Crippen LogP contribution in [0, 0.1) is 10.1 Å². The largest absolute Gasteiger partial charge is 0.493 e. The average Bonchev–Trinajstić information content (AvgIpc) is 3.09. The van der Waals surface area contributed by atoms with Crippen molar-refractivity contribution < 1.29 is 28.7 Å². The first kappa shape index (κ1) is 22.9. The van der Waals surface area contributed by atoms with Crippen molar-refractivity contribution in [3.8, 4) is 11.5 Å². The van der Waals surface area contributed by atoms with Crippen molar-refractivity contribution in [2.75, 3.05) is 20.8 Å². The third kappa shape index (κ3) is 5.11. The lowest BCUT2D eigenvalue weighted by atomic mass is 10.1. The molecular weight excluding hydrogens is 438 g/mol. The van der Waals surface area contributed by atoms with E-state index in [9.17, 15) is 19.7 Å². The first-order chi connectivity index (χ1) is 15.4. The lowest BCUT2D eigenvalue weighted by molar-refractivity contribution is -0.384. The molecule has 1 heterocycles. The van der Waals surface area contributed by atoms with Gasteiger partial charge in [0.05, 0.1) is 42.4 Å². The number of nitro benzene ring substituents is 1. The fourth-order valence-electron chi connectivity index (χ4n) is 3.06. The van der Waals surface area contributed by atoms with E-state index in [0.717, 1.165) is 11.3 Å². The van der Waals surface area contributed by atoms with E-state index in [0.29, 0.717) is 27.3 Å². The molecule has 0 spiro atoms. The fraction of sp³-hybridized carbons (Fsp3) is 0.286. The van der Waals surface area contributed by atoms with Crippen LogP contribution in [-0.4, -0.2) is 42.2 Å². The molecule has 0 aliphatic rings. The maximum absolute atomic E-state index is 12.7. The maximum atomic E-state index is 12.7. The number of aromatic nitrogens is 1. The fourth-order valence-corrected chi connectivity index (χ4v) is 4.14. The van der Waals surface area contributed by atoms with Gasteiger partial charge in [0.1, 0.15) is 6.54 Å². The molecule has 0 fully saturated rings. The molecule has 0 N–H and O–H groups in total. The van der Waals surface area contributed by atoms with Crippen LogP contribution in [0.4, 0.5) is 5.69 Å². The minimum atomic E-state index is -0.506. The summed E-state index contributed by atoms with van der Waals surface area (Å²) in [5.74, 6) is 0.0820. The van der Waals surface area contributed by atoms with Crippen LogP contribution >= 0.6 is 11.3 Å². The number of hydrogen-bond donors (Lipinski definition) is 0. The summed E-state index contributed by atoms with van der Waals surface area (Å²) in [7, 11) is 3.02. The average molecular weight is 459 g/mol. The zero-order valence-corrected chi connectivity index (χ0v) is 18.5. The molecule has 0 saturated heterocycles. The summed E-state index contributed by atoms with van der Waals surface area (Å²) >= 11 is 1.09. The van der Waals surface area contributed by atoms with E-state index in [1.165, 1.54) is 37.0 Å². The van der Waals surface area contributed by atoms with Crippen molar-refractivity contribution >= 4 is 39.1 Å². The topological polar surface area (TPSA) is 122 Å². The lowest BCUT2D eigenvalue weighted by Crippen LogP contribution is -2.23. The zero-order valence-electron chi connectivity index (χ0n) is 17.7. The summed E-state index contributed by atoms with van der Waals surface area (Å²) in [6.45, 7) is 1.72. The molecule has 11 heteroatoms. The molecule has 168 valence electrons. The number of carbonyl (C=O) groups is 2. The molecule has 2 aromatic carbocycles. The number of esters is 1. The smallest absolute Gasteiger partial charge is 0.326 e. The van der Waals surface area contributed by atoms with Crippen molar-refractivity contribution in [3.63, 3.8) is 0 Å². The molecule has 32 heavy (non-hydrogen) atoms. The van der Waals surface area contributed by atoms with Crippen LogP contribution in [0.2, 0.25) is 0 Å². The van der Waals surface area contributed by atoms with Crippen LogP contribution in [0.25, 0.3) is 10.2 Å². The number of amides is 1. The zero-order chi connectivity index (χ0) is 23.3. The predicted molar refractivity (Wildman–Crippen MR) is 117 cm³/mol. The highest BCUT2D eigenvalue weighted by molar-refractivity contribution is 7.16. The Hall–Kier alpha value is -3.73. The van der Waals surface area contributed by atoms with Crippen molar-refractivity contribution in [1.82, 2.24) is 4.57 Å². The van der Waals surface area contributed by atoms with Crippen molar-refractivity contribution in [3.05, 3.63) is 56.9 Å². The molecule has 0 radical (unpaired) electrons. The van der Waals surface area contributed by atoms with Crippen LogP contribution in [0.1, 0.15) is 12.5 Å². The Morgan fingerprint density at radius 2 is 1.88 bits per heavy atom. The number of nitro groups is 1. The Morgan fingerprint density at radius 1 is 1.12 bits per heavy atom. The van der Waals surface area contributed by atoms with Crippen LogP contribution in [0.15, 0.2) is 41.4 Å². The van der Waals surface area contributed by atoms with Gasteiger partial charge in [-0.1, -0.05) is 17.4 Å². The lowest BCUT2D eigenvalue weighted by Gasteiger charge is -2.08. The third-order valence-corrected chi connectivity index (χ3v) is 5.53. The molecule has 0 aliphatic carbocycles. The summed E-state index contributed by atoms with van der Waals surface area (Å²) in [4.78, 5) is 39.8.